The van der Waals surface area contributed by atoms with Crippen LogP contribution >= 0.6 is 0 Å². The molecule has 2 unspecified atom stereocenters. The van der Waals surface area contributed by atoms with Crippen LogP contribution in [-0.2, 0) is 14.5 Å². The quantitative estimate of drug-likeness (QED) is 0.432. The topological polar surface area (TPSA) is 104 Å². The van der Waals surface area contributed by atoms with Crippen molar-refractivity contribution in [1.82, 2.24) is 0 Å². The third-order valence-corrected chi connectivity index (χ3v) is 2.62. The zero-order valence-electron chi connectivity index (χ0n) is 7.47. The van der Waals surface area contributed by atoms with Crippen molar-refractivity contribution < 1.29 is 29.9 Å². The molecule has 6 nitrogen and oxygen atoms in total. The maximum absolute atomic E-state index is 11.0. The first-order chi connectivity index (χ1) is 6.52. The Kier molecular flexibility index (Phi) is 3.07. The van der Waals surface area contributed by atoms with E-state index in [1.807, 2.05) is 0 Å². The van der Waals surface area contributed by atoms with Crippen LogP contribution in [-0.4, -0.2) is 33.0 Å². The van der Waals surface area contributed by atoms with Crippen molar-refractivity contribution in [3.8, 4) is 0 Å². The second-order valence-corrected chi connectivity index (χ2v) is 3.44. The molecule has 1 aliphatic carbocycles. The first-order valence-corrected chi connectivity index (χ1v) is 4.33. The Morgan fingerprint density at radius 2 is 2.00 bits per heavy atom. The summed E-state index contributed by atoms with van der Waals surface area (Å²) in [5.74, 6) is -3.72. The summed E-state index contributed by atoms with van der Waals surface area (Å²) in [5.41, 5.74) is -2.10. The van der Waals surface area contributed by atoms with E-state index in [4.69, 9.17) is 10.4 Å². The van der Waals surface area contributed by atoms with E-state index in [2.05, 4.69) is 4.89 Å². The number of hydrogen-bond donors (Lipinski definition) is 3. The highest BCUT2D eigenvalue weighted by Gasteiger charge is 2.50. The van der Waals surface area contributed by atoms with Crippen molar-refractivity contribution in [2.45, 2.75) is 31.3 Å². The second-order valence-electron chi connectivity index (χ2n) is 3.44. The Morgan fingerprint density at radius 1 is 1.36 bits per heavy atom. The summed E-state index contributed by atoms with van der Waals surface area (Å²) in [4.78, 5) is 25.2. The fourth-order valence-electron chi connectivity index (χ4n) is 1.79. The predicted molar refractivity (Wildman–Crippen MR) is 43.3 cm³/mol. The number of aliphatic hydroxyl groups is 1. The van der Waals surface area contributed by atoms with Gasteiger partial charge >= 0.3 is 11.9 Å². The Morgan fingerprint density at radius 3 is 2.50 bits per heavy atom. The Labute approximate surface area is 80.0 Å². The SMILES string of the molecule is O=C(OO)C1CCCCC1(O)C(=O)O. The molecule has 0 spiro atoms. The maximum atomic E-state index is 11.0. The van der Waals surface area contributed by atoms with Gasteiger partial charge in [-0.3, -0.25) is 0 Å². The molecule has 0 amide bonds. The van der Waals surface area contributed by atoms with Gasteiger partial charge in [0.25, 0.3) is 0 Å². The van der Waals surface area contributed by atoms with Gasteiger partial charge in [0, 0.05) is 0 Å². The minimum atomic E-state index is -2.10. The van der Waals surface area contributed by atoms with Gasteiger partial charge in [0.1, 0.15) is 0 Å². The van der Waals surface area contributed by atoms with Gasteiger partial charge in [0.2, 0.25) is 0 Å². The van der Waals surface area contributed by atoms with E-state index in [-0.39, 0.29) is 12.8 Å². The van der Waals surface area contributed by atoms with Gasteiger partial charge in [-0.2, -0.15) is 5.26 Å². The number of carboxylic acid groups (broad SMARTS) is 1. The Bertz CT molecular complexity index is 250. The fourth-order valence-corrected chi connectivity index (χ4v) is 1.79. The molecule has 0 saturated heterocycles. The smallest absolute Gasteiger partial charge is 0.348 e. The molecule has 14 heavy (non-hydrogen) atoms. The van der Waals surface area contributed by atoms with Gasteiger partial charge in [-0.15, -0.1) is 0 Å². The van der Waals surface area contributed by atoms with Gasteiger partial charge in [-0.25, -0.2) is 9.59 Å². The van der Waals surface area contributed by atoms with E-state index in [9.17, 15) is 14.7 Å². The van der Waals surface area contributed by atoms with E-state index in [1.165, 1.54) is 0 Å². The van der Waals surface area contributed by atoms with Crippen LogP contribution in [0.2, 0.25) is 0 Å². The van der Waals surface area contributed by atoms with Crippen molar-refractivity contribution in [3.05, 3.63) is 0 Å². The third-order valence-electron chi connectivity index (χ3n) is 2.62. The number of rotatable bonds is 2. The van der Waals surface area contributed by atoms with Gasteiger partial charge in [-0.05, 0) is 19.3 Å². The van der Waals surface area contributed by atoms with Crippen LogP contribution in [0.15, 0.2) is 0 Å². The number of aliphatic carboxylic acids is 1. The van der Waals surface area contributed by atoms with Crippen LogP contribution < -0.4 is 0 Å². The van der Waals surface area contributed by atoms with Crippen molar-refractivity contribution in [2.75, 3.05) is 0 Å². The van der Waals surface area contributed by atoms with Gasteiger partial charge < -0.3 is 15.1 Å². The molecule has 0 aromatic heterocycles. The molecule has 0 radical (unpaired) electrons. The number of carbonyl (C=O) groups excluding carboxylic acids is 1. The maximum Gasteiger partial charge on any atom is 0.348 e. The lowest BCUT2D eigenvalue weighted by atomic mass is 9.75. The summed E-state index contributed by atoms with van der Waals surface area (Å²) in [6.07, 6.45) is 1.39. The summed E-state index contributed by atoms with van der Waals surface area (Å²) < 4.78 is 0. The average Bonchev–Trinajstić information content (AvgIpc) is 2.17. The summed E-state index contributed by atoms with van der Waals surface area (Å²) in [5, 5.41) is 26.6. The molecule has 0 aromatic rings. The van der Waals surface area contributed by atoms with Crippen LogP contribution in [0.25, 0.3) is 0 Å². The van der Waals surface area contributed by atoms with Gasteiger partial charge in [-0.1, -0.05) is 6.42 Å². The number of carboxylic acids is 1. The third kappa shape index (κ3) is 1.71. The molecular weight excluding hydrogens is 192 g/mol. The minimum absolute atomic E-state index is 0.00208. The van der Waals surface area contributed by atoms with Crippen LogP contribution in [0.5, 0.6) is 0 Å². The van der Waals surface area contributed by atoms with Crippen molar-refractivity contribution in [3.63, 3.8) is 0 Å². The van der Waals surface area contributed by atoms with Crippen LogP contribution in [0.3, 0.4) is 0 Å². The molecule has 0 bridgehead atoms. The molecule has 80 valence electrons. The molecule has 1 aliphatic rings. The van der Waals surface area contributed by atoms with Crippen molar-refractivity contribution in [2.24, 2.45) is 5.92 Å². The summed E-state index contributed by atoms with van der Waals surface area (Å²) in [6, 6.07) is 0. The van der Waals surface area contributed by atoms with E-state index in [0.29, 0.717) is 12.8 Å². The van der Waals surface area contributed by atoms with Gasteiger partial charge in [0.15, 0.2) is 5.60 Å². The normalized spacial score (nSPS) is 32.3. The predicted octanol–water partition coefficient (Wildman–Crippen LogP) is 0.00850. The molecule has 2 atom stereocenters. The standard InChI is InChI=1S/C8H12O6/c9-6(14-13)5-3-1-2-4-8(5,12)7(10)11/h5,12-13H,1-4H2,(H,10,11). The molecule has 0 aliphatic heterocycles. The van der Waals surface area contributed by atoms with Crippen LogP contribution in [0.4, 0.5) is 0 Å². The summed E-state index contributed by atoms with van der Waals surface area (Å²) in [6.45, 7) is 0. The number of carbonyl (C=O) groups is 2. The Balaban J connectivity index is 2.88. The van der Waals surface area contributed by atoms with E-state index < -0.39 is 23.5 Å². The van der Waals surface area contributed by atoms with E-state index >= 15 is 0 Å². The minimum Gasteiger partial charge on any atom is -0.479 e. The monoisotopic (exact) mass is 204 g/mol. The molecule has 1 fully saturated rings. The lowest BCUT2D eigenvalue weighted by Gasteiger charge is -2.33. The van der Waals surface area contributed by atoms with Crippen LogP contribution in [0.1, 0.15) is 25.7 Å². The lowest BCUT2D eigenvalue weighted by molar-refractivity contribution is -0.248. The molecule has 1 rings (SSSR count). The first kappa shape index (κ1) is 10.9. The van der Waals surface area contributed by atoms with Crippen molar-refractivity contribution in [1.29, 1.82) is 0 Å². The highest BCUT2D eigenvalue weighted by atomic mass is 17.1. The van der Waals surface area contributed by atoms with Gasteiger partial charge in [0.05, 0.1) is 5.92 Å². The van der Waals surface area contributed by atoms with Crippen LogP contribution in [0, 0.1) is 5.92 Å². The largest absolute Gasteiger partial charge is 0.479 e. The second kappa shape index (κ2) is 3.93. The van der Waals surface area contributed by atoms with E-state index in [1.54, 1.807) is 0 Å². The molecule has 1 saturated carbocycles. The summed E-state index contributed by atoms with van der Waals surface area (Å²) in [7, 11) is 0. The number of hydrogen-bond acceptors (Lipinski definition) is 5. The van der Waals surface area contributed by atoms with E-state index in [0.717, 1.165) is 0 Å². The summed E-state index contributed by atoms with van der Waals surface area (Å²) >= 11 is 0. The average molecular weight is 204 g/mol. The lowest BCUT2D eigenvalue weighted by Crippen LogP contribution is -2.51. The highest BCUT2D eigenvalue weighted by Crippen LogP contribution is 2.34. The molecule has 0 heterocycles. The first-order valence-electron chi connectivity index (χ1n) is 4.33. The zero-order valence-corrected chi connectivity index (χ0v) is 7.47. The Hall–Kier alpha value is -1.14. The molecular formula is C8H12O6. The molecule has 6 heteroatoms. The zero-order chi connectivity index (χ0) is 10.8. The van der Waals surface area contributed by atoms with Crippen molar-refractivity contribution >= 4 is 11.9 Å². The fraction of sp³-hybridized carbons (Fsp3) is 0.750. The highest BCUT2D eigenvalue weighted by molar-refractivity contribution is 5.86. The molecule has 3 N–H and O–H groups in total. The molecule has 0 aromatic carbocycles.